The number of amides is 1. The van der Waals surface area contributed by atoms with Gasteiger partial charge in [-0.3, -0.25) is 5.01 Å². The molecule has 0 aromatic carbocycles. The maximum absolute atomic E-state index is 11.8. The highest BCUT2D eigenvalue weighted by Gasteiger charge is 2.18. The van der Waals surface area contributed by atoms with Crippen LogP contribution in [0.1, 0.15) is 26.5 Å². The predicted octanol–water partition coefficient (Wildman–Crippen LogP) is 1.59. The molecule has 1 aromatic heterocycles. The average Bonchev–Trinajstić information content (AvgIpc) is 2.26. The van der Waals surface area contributed by atoms with Gasteiger partial charge in [-0.25, -0.2) is 15.2 Å². The summed E-state index contributed by atoms with van der Waals surface area (Å²) in [7, 11) is 0. The molecule has 0 aliphatic rings. The number of aromatic nitrogens is 1. The Hall–Kier alpha value is -1.82. The molecule has 6 heteroatoms. The molecular formula is C13H22N4O2. The molecule has 0 spiro atoms. The number of nitrogens with one attached hydrogen (secondary N) is 1. The molecule has 0 aliphatic heterocycles. The number of carbonyl (C=O) groups is 1. The van der Waals surface area contributed by atoms with Gasteiger partial charge in [-0.05, 0) is 39.8 Å². The maximum Gasteiger partial charge on any atom is 0.426 e. The van der Waals surface area contributed by atoms with Crippen molar-refractivity contribution in [3.63, 3.8) is 0 Å². The molecule has 1 amide bonds. The summed E-state index contributed by atoms with van der Waals surface area (Å²) in [6, 6.07) is 5.57. The lowest BCUT2D eigenvalue weighted by Gasteiger charge is -2.26. The molecule has 0 saturated heterocycles. The van der Waals surface area contributed by atoms with Gasteiger partial charge in [-0.1, -0.05) is 6.07 Å². The Morgan fingerprint density at radius 2 is 2.16 bits per heavy atom. The summed E-state index contributed by atoms with van der Waals surface area (Å²) < 4.78 is 5.21. The lowest BCUT2D eigenvalue weighted by atomic mass is 10.2. The summed E-state index contributed by atoms with van der Waals surface area (Å²) in [4.78, 5) is 16.1. The van der Waals surface area contributed by atoms with Crippen molar-refractivity contribution in [2.75, 3.05) is 18.1 Å². The largest absolute Gasteiger partial charge is 0.443 e. The van der Waals surface area contributed by atoms with E-state index in [1.165, 1.54) is 0 Å². The fourth-order valence-corrected chi connectivity index (χ4v) is 1.45. The van der Waals surface area contributed by atoms with Crippen LogP contribution >= 0.6 is 0 Å². The molecule has 1 heterocycles. The van der Waals surface area contributed by atoms with E-state index in [1.54, 1.807) is 11.1 Å². The van der Waals surface area contributed by atoms with Crippen LogP contribution in [-0.2, 0) is 4.74 Å². The fraction of sp³-hybridized carbons (Fsp3) is 0.538. The van der Waals surface area contributed by atoms with Gasteiger partial charge in [0, 0.05) is 12.2 Å². The van der Waals surface area contributed by atoms with Gasteiger partial charge in [0.15, 0.2) is 0 Å². The number of nitrogens with two attached hydrogens (primary N) is 1. The van der Waals surface area contributed by atoms with Crippen molar-refractivity contribution >= 4 is 11.9 Å². The summed E-state index contributed by atoms with van der Waals surface area (Å²) >= 11 is 0. The van der Waals surface area contributed by atoms with E-state index in [9.17, 15) is 4.79 Å². The van der Waals surface area contributed by atoms with Crippen molar-refractivity contribution < 1.29 is 9.53 Å². The Morgan fingerprint density at radius 1 is 1.47 bits per heavy atom. The zero-order valence-electron chi connectivity index (χ0n) is 11.9. The van der Waals surface area contributed by atoms with Gasteiger partial charge in [0.2, 0.25) is 0 Å². The predicted molar refractivity (Wildman–Crippen MR) is 74.7 cm³/mol. The first-order valence-electron chi connectivity index (χ1n) is 6.23. The minimum absolute atomic E-state index is 0.394. The van der Waals surface area contributed by atoms with Gasteiger partial charge in [-0.15, -0.1) is 0 Å². The molecule has 0 bridgehead atoms. The van der Waals surface area contributed by atoms with Crippen molar-refractivity contribution in [3.05, 3.63) is 23.9 Å². The van der Waals surface area contributed by atoms with Gasteiger partial charge in [0.1, 0.15) is 11.4 Å². The molecule has 0 unspecified atom stereocenters. The van der Waals surface area contributed by atoms with Crippen molar-refractivity contribution in [1.82, 2.24) is 10.4 Å². The number of rotatable bonds is 4. The van der Waals surface area contributed by atoms with E-state index >= 15 is 0 Å². The number of carbonyl (C=O) groups excluding carboxylic acids is 1. The number of hydrogen-bond donors (Lipinski definition) is 2. The molecule has 3 N–H and O–H groups in total. The maximum atomic E-state index is 11.8. The fourth-order valence-electron chi connectivity index (χ4n) is 1.45. The molecule has 0 saturated carbocycles. The Balaban J connectivity index is 2.76. The zero-order valence-corrected chi connectivity index (χ0v) is 11.9. The van der Waals surface area contributed by atoms with Crippen LogP contribution in [-0.4, -0.2) is 29.8 Å². The normalized spacial score (nSPS) is 11.0. The van der Waals surface area contributed by atoms with Crippen LogP contribution in [0.5, 0.6) is 0 Å². The highest BCUT2D eigenvalue weighted by atomic mass is 16.6. The van der Waals surface area contributed by atoms with Crippen molar-refractivity contribution in [2.24, 2.45) is 5.73 Å². The molecule has 1 aromatic rings. The van der Waals surface area contributed by atoms with Crippen LogP contribution in [0, 0.1) is 6.92 Å². The second-order valence-electron chi connectivity index (χ2n) is 5.19. The molecule has 0 aliphatic carbocycles. The van der Waals surface area contributed by atoms with E-state index in [-0.39, 0.29) is 0 Å². The van der Waals surface area contributed by atoms with Crippen molar-refractivity contribution in [1.29, 1.82) is 0 Å². The van der Waals surface area contributed by atoms with Crippen LogP contribution in [0.25, 0.3) is 0 Å². The minimum atomic E-state index is -0.543. The van der Waals surface area contributed by atoms with Crippen LogP contribution in [0.15, 0.2) is 18.2 Å². The van der Waals surface area contributed by atoms with E-state index < -0.39 is 11.7 Å². The van der Waals surface area contributed by atoms with Gasteiger partial charge in [-0.2, -0.15) is 0 Å². The van der Waals surface area contributed by atoms with Crippen LogP contribution < -0.4 is 16.2 Å². The standard InChI is InChI=1S/C13H22N4O2/c1-10-6-5-7-11(15-10)17(9-8-14)16-12(18)19-13(2,3)4/h5-7H,8-9,14H2,1-4H3,(H,16,18). The zero-order chi connectivity index (χ0) is 14.5. The minimum Gasteiger partial charge on any atom is -0.443 e. The number of hydrogen-bond acceptors (Lipinski definition) is 5. The Morgan fingerprint density at radius 3 is 2.68 bits per heavy atom. The van der Waals surface area contributed by atoms with E-state index in [2.05, 4.69) is 10.4 Å². The average molecular weight is 266 g/mol. The summed E-state index contributed by atoms with van der Waals surface area (Å²) in [5.41, 5.74) is 8.52. The molecule has 1 rings (SSSR count). The van der Waals surface area contributed by atoms with E-state index in [0.29, 0.717) is 18.9 Å². The third-order valence-electron chi connectivity index (χ3n) is 2.13. The smallest absolute Gasteiger partial charge is 0.426 e. The van der Waals surface area contributed by atoms with Crippen LogP contribution in [0.2, 0.25) is 0 Å². The summed E-state index contributed by atoms with van der Waals surface area (Å²) in [5, 5.41) is 1.58. The number of pyridine rings is 1. The first kappa shape index (κ1) is 15.2. The van der Waals surface area contributed by atoms with E-state index in [1.807, 2.05) is 39.8 Å². The highest BCUT2D eigenvalue weighted by Crippen LogP contribution is 2.10. The first-order valence-corrected chi connectivity index (χ1v) is 6.23. The molecule has 19 heavy (non-hydrogen) atoms. The topological polar surface area (TPSA) is 80.5 Å². The second-order valence-corrected chi connectivity index (χ2v) is 5.19. The third kappa shape index (κ3) is 5.56. The van der Waals surface area contributed by atoms with Crippen molar-refractivity contribution in [3.8, 4) is 0 Å². The second kappa shape index (κ2) is 6.38. The van der Waals surface area contributed by atoms with Gasteiger partial charge < -0.3 is 10.5 Å². The van der Waals surface area contributed by atoms with Crippen LogP contribution in [0.3, 0.4) is 0 Å². The molecule has 0 fully saturated rings. The van der Waals surface area contributed by atoms with E-state index in [4.69, 9.17) is 10.5 Å². The number of anilines is 1. The summed E-state index contributed by atoms with van der Waals surface area (Å²) in [6.07, 6.45) is -0.524. The molecule has 6 nitrogen and oxygen atoms in total. The molecule has 0 atom stereocenters. The number of ether oxygens (including phenoxy) is 1. The third-order valence-corrected chi connectivity index (χ3v) is 2.13. The molecule has 106 valence electrons. The molecule has 0 radical (unpaired) electrons. The molecular weight excluding hydrogens is 244 g/mol. The van der Waals surface area contributed by atoms with E-state index in [0.717, 1.165) is 5.69 Å². The first-order chi connectivity index (χ1) is 8.81. The highest BCUT2D eigenvalue weighted by molar-refractivity contribution is 5.70. The summed E-state index contributed by atoms with van der Waals surface area (Å²) in [5.74, 6) is 0.635. The quantitative estimate of drug-likeness (QED) is 0.809. The van der Waals surface area contributed by atoms with Gasteiger partial charge in [0.25, 0.3) is 0 Å². The summed E-state index contributed by atoms with van der Waals surface area (Å²) in [6.45, 7) is 8.17. The number of hydrazine groups is 1. The van der Waals surface area contributed by atoms with Crippen molar-refractivity contribution in [2.45, 2.75) is 33.3 Å². The van der Waals surface area contributed by atoms with Gasteiger partial charge in [0.05, 0.1) is 6.54 Å². The lowest BCUT2D eigenvalue weighted by Crippen LogP contribution is -2.47. The Bertz CT molecular complexity index is 429. The van der Waals surface area contributed by atoms with Gasteiger partial charge >= 0.3 is 6.09 Å². The Labute approximate surface area is 113 Å². The Kier molecular flexibility index (Phi) is 5.11. The number of nitrogens with zero attached hydrogens (tertiary/aromatic N) is 2. The number of aryl methyl sites for hydroxylation is 1. The SMILES string of the molecule is Cc1cccc(N(CCN)NC(=O)OC(C)(C)C)n1. The monoisotopic (exact) mass is 266 g/mol. The lowest BCUT2D eigenvalue weighted by molar-refractivity contribution is 0.0521. The van der Waals surface area contributed by atoms with Crippen LogP contribution in [0.4, 0.5) is 10.6 Å².